The number of ether oxygens (including phenoxy) is 2. The maximum atomic E-state index is 12.2. The Balaban J connectivity index is 3.04. The third-order valence-corrected chi connectivity index (χ3v) is 3.55. The maximum absolute atomic E-state index is 12.2. The Kier molecular flexibility index (Phi) is 6.91. The number of hydrogen-bond donors (Lipinski definition) is 2. The molecule has 0 saturated carbocycles. The van der Waals surface area contributed by atoms with Crippen molar-refractivity contribution in [3.63, 3.8) is 0 Å². The van der Waals surface area contributed by atoms with Crippen LogP contribution in [-0.2, 0) is 23.9 Å². The minimum Gasteiger partial charge on any atom is -0.480 e. The van der Waals surface area contributed by atoms with Gasteiger partial charge in [0, 0.05) is 11.5 Å². The standard InChI is InChI=1S/C16H19NO7/c1-9(11(15(21)23-2)16(22)24-3)12(14(19)20)17-13(18)10-7-5-4-6-8-10/h4-9,11-12H,1-3H3,(H,17,18)(H,19,20)/t9-,12+/m0/s1. The molecular formula is C16H19NO7. The van der Waals surface area contributed by atoms with Crippen molar-refractivity contribution in [3.8, 4) is 0 Å². The Morgan fingerprint density at radius 2 is 1.50 bits per heavy atom. The van der Waals surface area contributed by atoms with Gasteiger partial charge in [-0.3, -0.25) is 14.4 Å². The highest BCUT2D eigenvalue weighted by molar-refractivity contribution is 5.98. The summed E-state index contributed by atoms with van der Waals surface area (Å²) in [5.41, 5.74) is 0.253. The average Bonchev–Trinajstić information content (AvgIpc) is 2.59. The van der Waals surface area contributed by atoms with E-state index in [0.717, 1.165) is 14.2 Å². The van der Waals surface area contributed by atoms with E-state index in [0.29, 0.717) is 0 Å². The molecule has 2 N–H and O–H groups in total. The number of aliphatic carboxylic acids is 1. The molecule has 0 bridgehead atoms. The van der Waals surface area contributed by atoms with E-state index >= 15 is 0 Å². The number of methoxy groups -OCH3 is 2. The van der Waals surface area contributed by atoms with Gasteiger partial charge in [-0.2, -0.15) is 0 Å². The van der Waals surface area contributed by atoms with Gasteiger partial charge in [0.05, 0.1) is 14.2 Å². The number of carboxylic acids is 1. The van der Waals surface area contributed by atoms with Gasteiger partial charge < -0.3 is 19.9 Å². The van der Waals surface area contributed by atoms with Crippen LogP contribution in [0.15, 0.2) is 30.3 Å². The molecule has 1 aromatic carbocycles. The van der Waals surface area contributed by atoms with Gasteiger partial charge in [0.1, 0.15) is 6.04 Å². The van der Waals surface area contributed by atoms with Crippen LogP contribution < -0.4 is 5.32 Å². The van der Waals surface area contributed by atoms with Crippen molar-refractivity contribution in [3.05, 3.63) is 35.9 Å². The minimum absolute atomic E-state index is 0.253. The summed E-state index contributed by atoms with van der Waals surface area (Å²) in [5, 5.41) is 11.7. The molecule has 0 aliphatic rings. The van der Waals surface area contributed by atoms with Crippen molar-refractivity contribution in [1.82, 2.24) is 5.32 Å². The number of carbonyl (C=O) groups excluding carboxylic acids is 3. The molecule has 0 saturated heterocycles. The maximum Gasteiger partial charge on any atom is 0.326 e. The molecule has 1 amide bonds. The lowest BCUT2D eigenvalue weighted by atomic mass is 9.87. The third kappa shape index (κ3) is 4.55. The predicted octanol–water partition coefficient (Wildman–Crippen LogP) is 0.468. The summed E-state index contributed by atoms with van der Waals surface area (Å²) in [5.74, 6) is -6.45. The summed E-state index contributed by atoms with van der Waals surface area (Å²) in [4.78, 5) is 47.3. The molecule has 0 radical (unpaired) electrons. The van der Waals surface area contributed by atoms with Crippen LogP contribution in [0.25, 0.3) is 0 Å². The number of carboxylic acid groups (broad SMARTS) is 1. The summed E-state index contributed by atoms with van der Waals surface area (Å²) in [7, 11) is 2.15. The number of esters is 2. The van der Waals surface area contributed by atoms with Gasteiger partial charge in [-0.1, -0.05) is 25.1 Å². The normalized spacial score (nSPS) is 12.8. The van der Waals surface area contributed by atoms with Crippen molar-refractivity contribution in [2.75, 3.05) is 14.2 Å². The molecule has 0 aliphatic carbocycles. The van der Waals surface area contributed by atoms with Crippen LogP contribution in [0.2, 0.25) is 0 Å². The number of nitrogens with one attached hydrogen (secondary N) is 1. The first-order valence-electron chi connectivity index (χ1n) is 7.07. The summed E-state index contributed by atoms with van der Waals surface area (Å²) >= 11 is 0. The molecule has 0 fully saturated rings. The molecule has 2 atom stereocenters. The second kappa shape index (κ2) is 8.66. The van der Waals surface area contributed by atoms with Gasteiger partial charge in [-0.25, -0.2) is 4.79 Å². The Morgan fingerprint density at radius 1 is 1.00 bits per heavy atom. The molecule has 8 heteroatoms. The van der Waals surface area contributed by atoms with Crippen LogP contribution in [0.5, 0.6) is 0 Å². The first-order valence-corrected chi connectivity index (χ1v) is 7.07. The Morgan fingerprint density at radius 3 is 1.92 bits per heavy atom. The van der Waals surface area contributed by atoms with E-state index in [9.17, 15) is 24.3 Å². The van der Waals surface area contributed by atoms with Gasteiger partial charge in [0.2, 0.25) is 0 Å². The predicted molar refractivity (Wildman–Crippen MR) is 82.0 cm³/mol. The SMILES string of the molecule is COC(=O)C(C(=O)OC)[C@H](C)[C@@H](NC(=O)c1ccccc1)C(=O)O. The Hall–Kier alpha value is -2.90. The van der Waals surface area contributed by atoms with Crippen LogP contribution in [-0.4, -0.2) is 49.2 Å². The van der Waals surface area contributed by atoms with Gasteiger partial charge in [0.15, 0.2) is 5.92 Å². The Bertz CT molecular complexity index is 598. The first kappa shape index (κ1) is 19.1. The molecule has 0 aromatic heterocycles. The molecule has 24 heavy (non-hydrogen) atoms. The van der Waals surface area contributed by atoms with Crippen molar-refractivity contribution < 1.29 is 33.8 Å². The number of carbonyl (C=O) groups is 4. The fourth-order valence-electron chi connectivity index (χ4n) is 2.20. The third-order valence-electron chi connectivity index (χ3n) is 3.55. The zero-order chi connectivity index (χ0) is 18.3. The molecule has 1 aromatic rings. The highest BCUT2D eigenvalue weighted by Gasteiger charge is 2.42. The molecule has 1 rings (SSSR count). The van der Waals surface area contributed by atoms with Crippen LogP contribution >= 0.6 is 0 Å². The number of amides is 1. The lowest BCUT2D eigenvalue weighted by Gasteiger charge is -2.26. The molecule has 0 unspecified atom stereocenters. The zero-order valence-corrected chi connectivity index (χ0v) is 13.5. The fourth-order valence-corrected chi connectivity index (χ4v) is 2.20. The molecule has 0 aliphatic heterocycles. The van der Waals surface area contributed by atoms with Crippen molar-refractivity contribution in [2.45, 2.75) is 13.0 Å². The van der Waals surface area contributed by atoms with Crippen LogP contribution in [0, 0.1) is 11.8 Å². The van der Waals surface area contributed by atoms with Gasteiger partial charge in [-0.15, -0.1) is 0 Å². The number of rotatable bonds is 7. The van der Waals surface area contributed by atoms with E-state index in [1.54, 1.807) is 18.2 Å². The lowest BCUT2D eigenvalue weighted by Crippen LogP contribution is -2.50. The smallest absolute Gasteiger partial charge is 0.326 e. The van der Waals surface area contributed by atoms with Crippen molar-refractivity contribution in [1.29, 1.82) is 0 Å². The van der Waals surface area contributed by atoms with Crippen LogP contribution in [0.3, 0.4) is 0 Å². The zero-order valence-electron chi connectivity index (χ0n) is 13.5. The van der Waals surface area contributed by atoms with Gasteiger partial charge in [-0.05, 0) is 12.1 Å². The van der Waals surface area contributed by atoms with Gasteiger partial charge >= 0.3 is 17.9 Å². The number of hydrogen-bond acceptors (Lipinski definition) is 6. The van der Waals surface area contributed by atoms with E-state index < -0.39 is 41.7 Å². The second-order valence-electron chi connectivity index (χ2n) is 5.04. The van der Waals surface area contributed by atoms with Gasteiger partial charge in [0.25, 0.3) is 5.91 Å². The summed E-state index contributed by atoms with van der Waals surface area (Å²) in [6.45, 7) is 1.35. The van der Waals surface area contributed by atoms with E-state index in [-0.39, 0.29) is 5.56 Å². The molecule has 0 spiro atoms. The number of benzene rings is 1. The lowest BCUT2D eigenvalue weighted by molar-refractivity contribution is -0.162. The highest BCUT2D eigenvalue weighted by Crippen LogP contribution is 2.20. The molecule has 0 heterocycles. The molecular weight excluding hydrogens is 318 g/mol. The molecule has 8 nitrogen and oxygen atoms in total. The minimum atomic E-state index is -1.49. The average molecular weight is 337 g/mol. The first-order chi connectivity index (χ1) is 11.3. The topological polar surface area (TPSA) is 119 Å². The largest absolute Gasteiger partial charge is 0.480 e. The van der Waals surface area contributed by atoms with E-state index in [4.69, 9.17) is 0 Å². The van der Waals surface area contributed by atoms with E-state index in [2.05, 4.69) is 14.8 Å². The summed E-state index contributed by atoms with van der Waals surface area (Å²) in [6.07, 6.45) is 0. The fraction of sp³-hybridized carbons (Fsp3) is 0.375. The molecule has 130 valence electrons. The quantitative estimate of drug-likeness (QED) is 0.548. The van der Waals surface area contributed by atoms with Crippen LogP contribution in [0.4, 0.5) is 0 Å². The summed E-state index contributed by atoms with van der Waals surface area (Å²) in [6, 6.07) is 6.49. The Labute approximate surface area is 138 Å². The summed E-state index contributed by atoms with van der Waals surface area (Å²) < 4.78 is 9.06. The van der Waals surface area contributed by atoms with Crippen molar-refractivity contribution >= 4 is 23.8 Å². The van der Waals surface area contributed by atoms with E-state index in [1.807, 2.05) is 0 Å². The van der Waals surface area contributed by atoms with Crippen molar-refractivity contribution in [2.24, 2.45) is 11.8 Å². The monoisotopic (exact) mass is 337 g/mol. The van der Waals surface area contributed by atoms with E-state index in [1.165, 1.54) is 19.1 Å². The van der Waals surface area contributed by atoms with Crippen LogP contribution in [0.1, 0.15) is 17.3 Å². The highest BCUT2D eigenvalue weighted by atomic mass is 16.5. The second-order valence-corrected chi connectivity index (χ2v) is 5.04.